The molecule has 1 aromatic rings. The van der Waals surface area contributed by atoms with Crippen LogP contribution in [0.5, 0.6) is 0 Å². The molecule has 1 aromatic heterocycles. The lowest BCUT2D eigenvalue weighted by Crippen LogP contribution is -2.49. The molecule has 1 unspecified atom stereocenters. The van der Waals surface area contributed by atoms with Crippen LogP contribution in [0.25, 0.3) is 0 Å². The van der Waals surface area contributed by atoms with Gasteiger partial charge in [-0.15, -0.1) is 0 Å². The molecule has 0 aliphatic carbocycles. The van der Waals surface area contributed by atoms with Crippen LogP contribution < -0.4 is 0 Å². The molecule has 8 heteroatoms. The van der Waals surface area contributed by atoms with Crippen molar-refractivity contribution in [1.29, 1.82) is 0 Å². The Morgan fingerprint density at radius 2 is 2.09 bits per heavy atom. The van der Waals surface area contributed by atoms with Gasteiger partial charge in [0.25, 0.3) is 5.92 Å². The first-order valence-corrected chi connectivity index (χ1v) is 8.16. The van der Waals surface area contributed by atoms with Crippen LogP contribution in [0.4, 0.5) is 8.78 Å². The van der Waals surface area contributed by atoms with Crippen LogP contribution in [0.2, 0.25) is 0 Å². The summed E-state index contributed by atoms with van der Waals surface area (Å²) in [4.78, 5) is 20.6. The molecule has 0 aromatic carbocycles. The quantitative estimate of drug-likeness (QED) is 0.839. The number of aryl methyl sites for hydroxylation is 1. The van der Waals surface area contributed by atoms with Crippen LogP contribution in [0.3, 0.4) is 0 Å². The lowest BCUT2D eigenvalue weighted by Gasteiger charge is -2.37. The number of halogens is 2. The number of alkyl halides is 2. The molecule has 2 fully saturated rings. The van der Waals surface area contributed by atoms with Crippen molar-refractivity contribution in [3.8, 4) is 0 Å². The van der Waals surface area contributed by atoms with Gasteiger partial charge in [-0.3, -0.25) is 14.4 Å². The van der Waals surface area contributed by atoms with E-state index in [1.54, 1.807) is 9.58 Å². The van der Waals surface area contributed by atoms with Gasteiger partial charge >= 0.3 is 0 Å². The third kappa shape index (κ3) is 3.85. The van der Waals surface area contributed by atoms with Crippen molar-refractivity contribution >= 4 is 5.91 Å². The second-order valence-corrected chi connectivity index (χ2v) is 6.56. The van der Waals surface area contributed by atoms with E-state index in [9.17, 15) is 13.6 Å². The number of piperidine rings is 2. The zero-order valence-electron chi connectivity index (χ0n) is 13.4. The molecule has 2 aliphatic rings. The normalized spacial score (nSPS) is 25.5. The minimum absolute atomic E-state index is 0.0307. The van der Waals surface area contributed by atoms with E-state index in [0.29, 0.717) is 13.1 Å². The van der Waals surface area contributed by atoms with Crippen molar-refractivity contribution in [3.63, 3.8) is 0 Å². The summed E-state index contributed by atoms with van der Waals surface area (Å²) in [5, 5.41) is 4.06. The van der Waals surface area contributed by atoms with Gasteiger partial charge in [0.1, 0.15) is 12.2 Å². The van der Waals surface area contributed by atoms with Crippen molar-refractivity contribution in [3.05, 3.63) is 12.2 Å². The number of hydrogen-bond acceptors (Lipinski definition) is 4. The van der Waals surface area contributed by atoms with Gasteiger partial charge in [0.15, 0.2) is 0 Å². The minimum atomic E-state index is -2.61. The molecule has 23 heavy (non-hydrogen) atoms. The van der Waals surface area contributed by atoms with Gasteiger partial charge in [0.2, 0.25) is 5.91 Å². The molecule has 0 spiro atoms. The number of amides is 1. The smallest absolute Gasteiger partial charge is 0.251 e. The highest BCUT2D eigenvalue weighted by molar-refractivity contribution is 5.79. The zero-order valence-corrected chi connectivity index (χ0v) is 13.4. The molecule has 0 radical (unpaired) electrons. The maximum atomic E-state index is 13.2. The lowest BCUT2D eigenvalue weighted by molar-refractivity contribution is -0.143. The highest BCUT2D eigenvalue weighted by Gasteiger charge is 2.38. The summed E-state index contributed by atoms with van der Waals surface area (Å²) in [7, 11) is 1.85. The second kappa shape index (κ2) is 6.51. The Kier molecular flexibility index (Phi) is 4.61. The number of carbonyl (C=O) groups is 1. The Balaban J connectivity index is 1.56. The molecular weight excluding hydrogens is 304 g/mol. The largest absolute Gasteiger partial charge is 0.342 e. The highest BCUT2D eigenvalue weighted by atomic mass is 19.3. The molecule has 1 atom stereocenters. The Labute approximate surface area is 134 Å². The Morgan fingerprint density at radius 1 is 1.35 bits per heavy atom. The summed E-state index contributed by atoms with van der Waals surface area (Å²) in [6.07, 6.45) is 2.87. The number of aromatic nitrogens is 3. The van der Waals surface area contributed by atoms with Crippen molar-refractivity contribution in [2.75, 3.05) is 26.2 Å². The SMILES string of the molecule is Cn1ncnc1CN1CCCC(C(=O)N2CCC(F)(F)CC2)C1. The molecule has 2 aliphatic heterocycles. The van der Waals surface area contributed by atoms with Gasteiger partial charge in [-0.1, -0.05) is 0 Å². The van der Waals surface area contributed by atoms with E-state index in [1.807, 2.05) is 7.05 Å². The van der Waals surface area contributed by atoms with Crippen molar-refractivity contribution in [2.45, 2.75) is 38.2 Å². The average Bonchev–Trinajstić information content (AvgIpc) is 2.92. The lowest BCUT2D eigenvalue weighted by atomic mass is 9.95. The fourth-order valence-corrected chi connectivity index (χ4v) is 3.38. The maximum Gasteiger partial charge on any atom is 0.251 e. The molecule has 3 heterocycles. The zero-order chi connectivity index (χ0) is 16.4. The standard InChI is InChI=1S/C15H23F2N5O/c1-20-13(18-11-19-20)10-21-6-2-3-12(9-21)14(23)22-7-4-15(16,17)5-8-22/h11-12H,2-10H2,1H3. The maximum absolute atomic E-state index is 13.2. The van der Waals surface area contributed by atoms with Gasteiger partial charge in [-0.2, -0.15) is 5.10 Å². The van der Waals surface area contributed by atoms with Crippen LogP contribution in [0.1, 0.15) is 31.5 Å². The van der Waals surface area contributed by atoms with E-state index in [2.05, 4.69) is 15.0 Å². The van der Waals surface area contributed by atoms with Crippen LogP contribution >= 0.6 is 0 Å². The van der Waals surface area contributed by atoms with E-state index in [4.69, 9.17) is 0 Å². The molecule has 6 nitrogen and oxygen atoms in total. The summed E-state index contributed by atoms with van der Waals surface area (Å²) in [5.41, 5.74) is 0. The van der Waals surface area contributed by atoms with Gasteiger partial charge < -0.3 is 4.90 Å². The Hall–Kier alpha value is -1.57. The van der Waals surface area contributed by atoms with Crippen LogP contribution in [0, 0.1) is 5.92 Å². The Morgan fingerprint density at radius 3 is 2.74 bits per heavy atom. The third-order valence-corrected chi connectivity index (χ3v) is 4.83. The molecule has 2 saturated heterocycles. The predicted molar refractivity (Wildman–Crippen MR) is 79.8 cm³/mol. The molecule has 0 bridgehead atoms. The van der Waals surface area contributed by atoms with Crippen molar-refractivity contribution in [1.82, 2.24) is 24.6 Å². The number of nitrogens with zero attached hydrogens (tertiary/aromatic N) is 5. The van der Waals surface area contributed by atoms with Crippen LogP contribution in [0.15, 0.2) is 6.33 Å². The van der Waals surface area contributed by atoms with Crippen LogP contribution in [-0.4, -0.2) is 62.6 Å². The van der Waals surface area contributed by atoms with Gasteiger partial charge in [0, 0.05) is 39.5 Å². The number of rotatable bonds is 3. The third-order valence-electron chi connectivity index (χ3n) is 4.83. The first-order chi connectivity index (χ1) is 10.9. The first-order valence-electron chi connectivity index (χ1n) is 8.16. The molecular formula is C15H23F2N5O. The topological polar surface area (TPSA) is 54.3 Å². The van der Waals surface area contributed by atoms with Gasteiger partial charge in [-0.05, 0) is 19.4 Å². The molecule has 3 rings (SSSR count). The van der Waals surface area contributed by atoms with E-state index < -0.39 is 5.92 Å². The summed E-state index contributed by atoms with van der Waals surface area (Å²) >= 11 is 0. The summed E-state index contributed by atoms with van der Waals surface area (Å²) in [5.74, 6) is -1.80. The minimum Gasteiger partial charge on any atom is -0.342 e. The summed E-state index contributed by atoms with van der Waals surface area (Å²) in [6, 6.07) is 0. The van der Waals surface area contributed by atoms with Crippen molar-refractivity contribution < 1.29 is 13.6 Å². The van der Waals surface area contributed by atoms with E-state index >= 15 is 0 Å². The number of carbonyl (C=O) groups excluding carboxylic acids is 1. The molecule has 1 amide bonds. The monoisotopic (exact) mass is 327 g/mol. The number of hydrogen-bond donors (Lipinski definition) is 0. The summed E-state index contributed by atoms with van der Waals surface area (Å²) in [6.45, 7) is 2.60. The molecule has 0 N–H and O–H groups in total. The fraction of sp³-hybridized carbons (Fsp3) is 0.800. The fourth-order valence-electron chi connectivity index (χ4n) is 3.38. The predicted octanol–water partition coefficient (Wildman–Crippen LogP) is 1.28. The van der Waals surface area contributed by atoms with Crippen molar-refractivity contribution in [2.24, 2.45) is 13.0 Å². The second-order valence-electron chi connectivity index (χ2n) is 6.56. The average molecular weight is 327 g/mol. The molecule has 128 valence electrons. The summed E-state index contributed by atoms with van der Waals surface area (Å²) < 4.78 is 28.2. The highest BCUT2D eigenvalue weighted by Crippen LogP contribution is 2.29. The van der Waals surface area contributed by atoms with Gasteiger partial charge in [-0.25, -0.2) is 13.8 Å². The first kappa shape index (κ1) is 16.3. The molecule has 0 saturated carbocycles. The van der Waals surface area contributed by atoms with E-state index in [1.165, 1.54) is 6.33 Å². The van der Waals surface area contributed by atoms with Gasteiger partial charge in [0.05, 0.1) is 12.5 Å². The Bertz CT molecular complexity index is 552. The van der Waals surface area contributed by atoms with E-state index in [0.717, 1.165) is 25.2 Å². The number of likely N-dealkylation sites (tertiary alicyclic amines) is 2. The van der Waals surface area contributed by atoms with E-state index in [-0.39, 0.29) is 37.8 Å². The van der Waals surface area contributed by atoms with Crippen LogP contribution in [-0.2, 0) is 18.4 Å².